The van der Waals surface area contributed by atoms with Crippen molar-refractivity contribution >= 4 is 12.4 Å². The number of ether oxygens (including phenoxy) is 2. The molecule has 3 aliphatic carbocycles. The fraction of sp³-hybridized carbons (Fsp3) is 0.826. The Kier molecular flexibility index (Phi) is 5.48. The van der Waals surface area contributed by atoms with Gasteiger partial charge in [-0.05, 0) is 81.5 Å². The molecule has 0 bridgehead atoms. The molecule has 0 aromatic carbocycles. The molecular formula is C23H36O4. The monoisotopic (exact) mass is 376 g/mol. The molecule has 0 N–H and O–H groups in total. The minimum Gasteiger partial charge on any atom is -0.462 e. The molecule has 0 amide bonds. The van der Waals surface area contributed by atoms with Crippen LogP contribution in [0.3, 0.4) is 0 Å². The Labute approximate surface area is 164 Å². The molecule has 0 aliphatic heterocycles. The van der Waals surface area contributed by atoms with Crippen molar-refractivity contribution < 1.29 is 19.1 Å². The minimum absolute atomic E-state index is 0.00901. The van der Waals surface area contributed by atoms with Gasteiger partial charge in [-0.15, -0.1) is 0 Å². The molecule has 0 saturated heterocycles. The fourth-order valence-corrected chi connectivity index (χ4v) is 7.08. The lowest BCUT2D eigenvalue weighted by Gasteiger charge is -2.62. The minimum atomic E-state index is -0.395. The third-order valence-corrected chi connectivity index (χ3v) is 8.33. The van der Waals surface area contributed by atoms with Crippen molar-refractivity contribution in [2.45, 2.75) is 84.8 Å². The van der Waals surface area contributed by atoms with E-state index in [0.717, 1.165) is 38.5 Å². The Morgan fingerprint density at radius 2 is 1.78 bits per heavy atom. The van der Waals surface area contributed by atoms with Crippen molar-refractivity contribution in [3.63, 3.8) is 0 Å². The van der Waals surface area contributed by atoms with Gasteiger partial charge in [0.15, 0.2) is 0 Å². The molecule has 27 heavy (non-hydrogen) atoms. The maximum Gasteiger partial charge on any atom is 0.302 e. The molecule has 0 aromatic heterocycles. The van der Waals surface area contributed by atoms with E-state index in [0.29, 0.717) is 36.1 Å². The first kappa shape index (κ1) is 20.4. The van der Waals surface area contributed by atoms with E-state index in [1.165, 1.54) is 12.5 Å². The lowest BCUT2D eigenvalue weighted by Crippen LogP contribution is -2.60. The summed E-state index contributed by atoms with van der Waals surface area (Å²) in [6.45, 7) is 15.4. The molecule has 3 rings (SSSR count). The highest BCUT2D eigenvalue weighted by molar-refractivity contribution is 5.66. The average molecular weight is 377 g/mol. The topological polar surface area (TPSA) is 52.6 Å². The number of carbonyl (C=O) groups excluding carboxylic acids is 2. The summed E-state index contributed by atoms with van der Waals surface area (Å²) in [7, 11) is 0. The van der Waals surface area contributed by atoms with Gasteiger partial charge in [0, 0.05) is 12.8 Å². The molecule has 4 heteroatoms. The zero-order valence-electron chi connectivity index (χ0n) is 17.6. The van der Waals surface area contributed by atoms with Crippen LogP contribution in [-0.4, -0.2) is 24.1 Å². The first-order valence-electron chi connectivity index (χ1n) is 10.6. The zero-order valence-corrected chi connectivity index (χ0v) is 17.6. The van der Waals surface area contributed by atoms with Crippen LogP contribution in [0.1, 0.15) is 73.1 Å². The SMILES string of the molecule is C=C(C)[C@@H]1CC[C@@](C)(OC=O)[C@@H]2CC[C@@]3(C)CC[C@H](OC(C)=O)[C@H](C)[C@@H]3[C@H]21. The Balaban J connectivity index is 2.01. The maximum atomic E-state index is 11.6. The molecule has 152 valence electrons. The number of allylic oxidation sites excluding steroid dienone is 1. The van der Waals surface area contributed by atoms with Crippen LogP contribution in [-0.2, 0) is 19.1 Å². The van der Waals surface area contributed by atoms with Crippen LogP contribution in [0.5, 0.6) is 0 Å². The van der Waals surface area contributed by atoms with Gasteiger partial charge >= 0.3 is 5.97 Å². The van der Waals surface area contributed by atoms with Gasteiger partial charge in [0.2, 0.25) is 0 Å². The summed E-state index contributed by atoms with van der Waals surface area (Å²) in [4.78, 5) is 22.9. The van der Waals surface area contributed by atoms with Crippen molar-refractivity contribution in [1.29, 1.82) is 0 Å². The van der Waals surface area contributed by atoms with Gasteiger partial charge in [0.25, 0.3) is 6.47 Å². The fourth-order valence-electron chi connectivity index (χ4n) is 7.08. The van der Waals surface area contributed by atoms with Crippen LogP contribution in [0, 0.1) is 35.0 Å². The summed E-state index contributed by atoms with van der Waals surface area (Å²) in [6.07, 6.45) is 6.19. The standard InChI is InChI=1S/C23H36O4/c1-14(2)17-7-12-23(6,26-13-24)18-8-10-22(5)11-9-19(27-16(4)25)15(3)21(22)20(17)18/h13,15,17-21H,1,7-12H2,2-6H3/t15-,17-,18+,19-,20-,21+,22-,23+/m0/s1. The van der Waals surface area contributed by atoms with Crippen LogP contribution in [0.4, 0.5) is 0 Å². The molecule has 0 radical (unpaired) electrons. The predicted octanol–water partition coefficient (Wildman–Crippen LogP) is 4.91. The highest BCUT2D eigenvalue weighted by Gasteiger charge is 2.60. The van der Waals surface area contributed by atoms with Crippen LogP contribution >= 0.6 is 0 Å². The van der Waals surface area contributed by atoms with Crippen LogP contribution in [0.15, 0.2) is 12.2 Å². The Morgan fingerprint density at radius 3 is 2.37 bits per heavy atom. The molecule has 0 aromatic rings. The summed E-state index contributed by atoms with van der Waals surface area (Å²) in [5.74, 6) is 1.79. The Hall–Kier alpha value is -1.32. The van der Waals surface area contributed by atoms with Crippen molar-refractivity contribution in [3.05, 3.63) is 12.2 Å². The van der Waals surface area contributed by atoms with E-state index in [9.17, 15) is 9.59 Å². The number of fused-ring (bicyclic) bond motifs is 3. The van der Waals surface area contributed by atoms with Gasteiger partial charge in [0.1, 0.15) is 11.7 Å². The van der Waals surface area contributed by atoms with E-state index in [1.807, 2.05) is 0 Å². The van der Waals surface area contributed by atoms with Gasteiger partial charge in [-0.2, -0.15) is 0 Å². The summed E-state index contributed by atoms with van der Waals surface area (Å²) >= 11 is 0. The predicted molar refractivity (Wildman–Crippen MR) is 105 cm³/mol. The van der Waals surface area contributed by atoms with E-state index in [4.69, 9.17) is 9.47 Å². The molecule has 0 unspecified atom stereocenters. The number of hydrogen-bond donors (Lipinski definition) is 0. The number of esters is 1. The smallest absolute Gasteiger partial charge is 0.302 e. The summed E-state index contributed by atoms with van der Waals surface area (Å²) in [6, 6.07) is 0. The second-order valence-electron chi connectivity index (χ2n) is 9.97. The molecule has 3 saturated carbocycles. The number of carbonyl (C=O) groups is 2. The van der Waals surface area contributed by atoms with Crippen molar-refractivity contribution in [3.8, 4) is 0 Å². The van der Waals surface area contributed by atoms with Gasteiger partial charge in [0.05, 0.1) is 0 Å². The average Bonchev–Trinajstić information content (AvgIpc) is 2.57. The third kappa shape index (κ3) is 3.45. The van der Waals surface area contributed by atoms with Crippen molar-refractivity contribution in [2.75, 3.05) is 0 Å². The second-order valence-corrected chi connectivity index (χ2v) is 9.97. The molecule has 0 spiro atoms. The van der Waals surface area contributed by atoms with E-state index < -0.39 is 5.60 Å². The van der Waals surface area contributed by atoms with Crippen molar-refractivity contribution in [2.24, 2.45) is 35.0 Å². The normalized spacial score (nSPS) is 46.6. The lowest BCUT2D eigenvalue weighted by molar-refractivity contribution is -0.197. The van der Waals surface area contributed by atoms with E-state index in [2.05, 4.69) is 34.3 Å². The van der Waals surface area contributed by atoms with Gasteiger partial charge in [-0.3, -0.25) is 9.59 Å². The number of hydrogen-bond acceptors (Lipinski definition) is 4. The van der Waals surface area contributed by atoms with E-state index in [1.54, 1.807) is 0 Å². The summed E-state index contributed by atoms with van der Waals surface area (Å²) in [5.41, 5.74) is 1.10. The molecular weight excluding hydrogens is 340 g/mol. The first-order valence-corrected chi connectivity index (χ1v) is 10.6. The van der Waals surface area contributed by atoms with Crippen LogP contribution in [0.2, 0.25) is 0 Å². The Bertz CT molecular complexity index is 613. The largest absolute Gasteiger partial charge is 0.462 e. The third-order valence-electron chi connectivity index (χ3n) is 8.33. The highest BCUT2D eigenvalue weighted by Crippen LogP contribution is 2.63. The van der Waals surface area contributed by atoms with Gasteiger partial charge in [-0.1, -0.05) is 26.0 Å². The van der Waals surface area contributed by atoms with E-state index >= 15 is 0 Å². The molecule has 3 fully saturated rings. The van der Waals surface area contributed by atoms with Crippen LogP contribution < -0.4 is 0 Å². The van der Waals surface area contributed by atoms with Crippen LogP contribution in [0.25, 0.3) is 0 Å². The molecule has 4 nitrogen and oxygen atoms in total. The second kappa shape index (κ2) is 7.25. The summed E-state index contributed by atoms with van der Waals surface area (Å²) < 4.78 is 11.4. The van der Waals surface area contributed by atoms with E-state index in [-0.39, 0.29) is 17.5 Å². The molecule has 3 aliphatic rings. The lowest BCUT2D eigenvalue weighted by atomic mass is 9.44. The quantitative estimate of drug-likeness (QED) is 0.397. The maximum absolute atomic E-state index is 11.6. The zero-order chi connectivity index (χ0) is 20.0. The molecule has 0 heterocycles. The van der Waals surface area contributed by atoms with Crippen molar-refractivity contribution in [1.82, 2.24) is 0 Å². The first-order chi connectivity index (χ1) is 12.6. The Morgan fingerprint density at radius 1 is 1.11 bits per heavy atom. The van der Waals surface area contributed by atoms with Gasteiger partial charge in [-0.25, -0.2) is 0 Å². The highest BCUT2D eigenvalue weighted by atomic mass is 16.5. The van der Waals surface area contributed by atoms with Gasteiger partial charge < -0.3 is 9.47 Å². The molecule has 8 atom stereocenters. The number of rotatable bonds is 4. The summed E-state index contributed by atoms with van der Waals surface area (Å²) in [5, 5.41) is 0.